The van der Waals surface area contributed by atoms with Gasteiger partial charge in [0, 0.05) is 23.9 Å². The Morgan fingerprint density at radius 1 is 1.47 bits per heavy atom. The fraction of sp³-hybridized carbons (Fsp3) is 0.250. The van der Waals surface area contributed by atoms with Crippen LogP contribution in [0.3, 0.4) is 0 Å². The number of aryl methyl sites for hydroxylation is 2. The van der Waals surface area contributed by atoms with Crippen LogP contribution in [0.4, 0.5) is 0 Å². The lowest BCUT2D eigenvalue weighted by molar-refractivity contribution is 0.578. The Hall–Kier alpha value is -1.17. The Bertz CT molecular complexity index is 521. The summed E-state index contributed by atoms with van der Waals surface area (Å²) < 4.78 is 2.98. The normalized spacial score (nSPS) is 12.7. The van der Waals surface area contributed by atoms with Gasteiger partial charge in [0.05, 0.1) is 0 Å². The minimum absolute atomic E-state index is 0.121. The van der Waals surface area contributed by atoms with Crippen LogP contribution >= 0.6 is 15.9 Å². The van der Waals surface area contributed by atoms with E-state index in [2.05, 4.69) is 45.4 Å². The molecule has 0 bridgehead atoms. The van der Waals surface area contributed by atoms with Gasteiger partial charge in [0.1, 0.15) is 11.9 Å². The van der Waals surface area contributed by atoms with Crippen molar-refractivity contribution >= 4 is 15.9 Å². The molecule has 90 valence electrons. The van der Waals surface area contributed by atoms with Crippen LogP contribution in [0, 0.1) is 6.92 Å². The van der Waals surface area contributed by atoms with Crippen molar-refractivity contribution in [2.45, 2.75) is 13.0 Å². The summed E-state index contributed by atoms with van der Waals surface area (Å²) in [6, 6.07) is 6.06. The van der Waals surface area contributed by atoms with Crippen LogP contribution in [0.1, 0.15) is 23.0 Å². The Kier molecular flexibility index (Phi) is 3.61. The average Bonchev–Trinajstić information content (AvgIpc) is 2.71. The molecule has 0 aliphatic carbocycles. The lowest BCUT2D eigenvalue weighted by atomic mass is 10.0. The molecule has 17 heavy (non-hydrogen) atoms. The molecule has 1 unspecified atom stereocenters. The highest BCUT2D eigenvalue weighted by molar-refractivity contribution is 9.10. The molecule has 0 saturated heterocycles. The van der Waals surface area contributed by atoms with Crippen LogP contribution in [-0.2, 0) is 7.05 Å². The third-order valence-electron chi connectivity index (χ3n) is 2.75. The summed E-state index contributed by atoms with van der Waals surface area (Å²) in [5.41, 5.74) is 5.09. The Morgan fingerprint density at radius 2 is 2.24 bits per heavy atom. The van der Waals surface area contributed by atoms with Crippen LogP contribution in [0.25, 0.3) is 0 Å². The van der Waals surface area contributed by atoms with Gasteiger partial charge >= 0.3 is 0 Å². The Labute approximate surface area is 109 Å². The van der Waals surface area contributed by atoms with E-state index in [-0.39, 0.29) is 6.04 Å². The molecule has 1 atom stereocenters. The number of hydrogen-bond donors (Lipinski definition) is 2. The van der Waals surface area contributed by atoms with Crippen molar-refractivity contribution in [1.82, 2.24) is 15.0 Å². The SMILES string of the molecule is Cc1ccc(Br)c(C(NN)c2nccn2C)c1. The van der Waals surface area contributed by atoms with Gasteiger partial charge in [-0.05, 0) is 18.6 Å². The molecule has 0 radical (unpaired) electrons. The van der Waals surface area contributed by atoms with Crippen LogP contribution in [0.2, 0.25) is 0 Å². The molecule has 3 N–H and O–H groups in total. The van der Waals surface area contributed by atoms with E-state index in [1.807, 2.05) is 23.9 Å². The van der Waals surface area contributed by atoms with Crippen LogP contribution in [0.5, 0.6) is 0 Å². The lowest BCUT2D eigenvalue weighted by Gasteiger charge is -2.18. The van der Waals surface area contributed by atoms with Crippen LogP contribution in [0.15, 0.2) is 35.1 Å². The molecule has 0 aliphatic heterocycles. The lowest BCUT2D eigenvalue weighted by Crippen LogP contribution is -2.31. The number of halogens is 1. The predicted molar refractivity (Wildman–Crippen MR) is 71.3 cm³/mol. The average molecular weight is 295 g/mol. The number of imidazole rings is 1. The van der Waals surface area contributed by atoms with E-state index in [4.69, 9.17) is 5.84 Å². The first-order chi connectivity index (χ1) is 8.13. The van der Waals surface area contributed by atoms with Gasteiger partial charge in [0.15, 0.2) is 0 Å². The predicted octanol–water partition coefficient (Wildman–Crippen LogP) is 2.04. The van der Waals surface area contributed by atoms with Gasteiger partial charge in [-0.2, -0.15) is 0 Å². The molecule has 0 aliphatic rings. The van der Waals surface area contributed by atoms with E-state index in [1.54, 1.807) is 6.20 Å². The first-order valence-corrected chi connectivity index (χ1v) is 6.12. The van der Waals surface area contributed by atoms with Crippen molar-refractivity contribution in [3.8, 4) is 0 Å². The number of hydrazine groups is 1. The summed E-state index contributed by atoms with van der Waals surface area (Å²) in [5.74, 6) is 6.55. The second kappa shape index (κ2) is 5.00. The third-order valence-corrected chi connectivity index (χ3v) is 3.47. The minimum atomic E-state index is -0.121. The highest BCUT2D eigenvalue weighted by Crippen LogP contribution is 2.27. The summed E-state index contributed by atoms with van der Waals surface area (Å²) >= 11 is 3.55. The Balaban J connectivity index is 2.49. The second-order valence-corrected chi connectivity index (χ2v) is 4.88. The first kappa shape index (κ1) is 12.3. The number of hydrogen-bond acceptors (Lipinski definition) is 3. The monoisotopic (exact) mass is 294 g/mol. The Morgan fingerprint density at radius 3 is 2.82 bits per heavy atom. The molecule has 1 aromatic carbocycles. The maximum absolute atomic E-state index is 5.66. The van der Waals surface area contributed by atoms with Crippen molar-refractivity contribution in [1.29, 1.82) is 0 Å². The van der Waals surface area contributed by atoms with Crippen molar-refractivity contribution in [2.24, 2.45) is 12.9 Å². The molecule has 2 aromatic rings. The summed E-state index contributed by atoms with van der Waals surface area (Å²) in [6.07, 6.45) is 3.67. The second-order valence-electron chi connectivity index (χ2n) is 4.02. The zero-order valence-electron chi connectivity index (χ0n) is 9.81. The van der Waals surface area contributed by atoms with Crippen molar-refractivity contribution < 1.29 is 0 Å². The zero-order valence-corrected chi connectivity index (χ0v) is 11.4. The molecule has 2 rings (SSSR count). The molecule has 4 nitrogen and oxygen atoms in total. The zero-order chi connectivity index (χ0) is 12.4. The summed E-state index contributed by atoms with van der Waals surface area (Å²) in [7, 11) is 1.95. The number of nitrogens with two attached hydrogens (primary N) is 1. The van der Waals surface area contributed by atoms with Gasteiger partial charge < -0.3 is 4.57 Å². The molecule has 5 heteroatoms. The summed E-state index contributed by atoms with van der Waals surface area (Å²) in [5, 5.41) is 0. The summed E-state index contributed by atoms with van der Waals surface area (Å²) in [4.78, 5) is 4.33. The highest BCUT2D eigenvalue weighted by Gasteiger charge is 2.19. The van der Waals surface area contributed by atoms with Crippen LogP contribution in [-0.4, -0.2) is 9.55 Å². The first-order valence-electron chi connectivity index (χ1n) is 5.33. The van der Waals surface area contributed by atoms with Crippen molar-refractivity contribution in [2.75, 3.05) is 0 Å². The standard InChI is InChI=1S/C12H15BrN4/c1-8-3-4-10(13)9(7-8)11(16-14)12-15-5-6-17(12)2/h3-7,11,16H,14H2,1-2H3. The number of benzene rings is 1. The van der Waals surface area contributed by atoms with Crippen LogP contribution < -0.4 is 11.3 Å². The van der Waals surface area contributed by atoms with Gasteiger partial charge in [-0.25, -0.2) is 10.4 Å². The fourth-order valence-corrected chi connectivity index (χ4v) is 2.32. The highest BCUT2D eigenvalue weighted by atomic mass is 79.9. The van der Waals surface area contributed by atoms with E-state index in [0.717, 1.165) is 15.9 Å². The molecule has 0 amide bonds. The maximum atomic E-state index is 5.66. The molecule has 0 fully saturated rings. The molecular weight excluding hydrogens is 280 g/mol. The third kappa shape index (κ3) is 2.41. The molecule has 0 spiro atoms. The largest absolute Gasteiger partial charge is 0.336 e. The van der Waals surface area contributed by atoms with Gasteiger partial charge in [0.25, 0.3) is 0 Å². The summed E-state index contributed by atoms with van der Waals surface area (Å²) in [6.45, 7) is 2.06. The minimum Gasteiger partial charge on any atom is -0.336 e. The quantitative estimate of drug-likeness (QED) is 0.673. The smallest absolute Gasteiger partial charge is 0.131 e. The van der Waals surface area contributed by atoms with E-state index in [9.17, 15) is 0 Å². The van der Waals surface area contributed by atoms with Crippen molar-refractivity contribution in [3.05, 3.63) is 52.0 Å². The van der Waals surface area contributed by atoms with Gasteiger partial charge in [-0.15, -0.1) is 0 Å². The number of aromatic nitrogens is 2. The number of rotatable bonds is 3. The van der Waals surface area contributed by atoms with E-state index in [0.29, 0.717) is 0 Å². The number of nitrogens with one attached hydrogen (secondary N) is 1. The molecule has 0 saturated carbocycles. The fourth-order valence-electron chi connectivity index (χ4n) is 1.84. The number of nitrogens with zero attached hydrogens (tertiary/aromatic N) is 2. The van der Waals surface area contributed by atoms with E-state index >= 15 is 0 Å². The van der Waals surface area contributed by atoms with Gasteiger partial charge in [-0.3, -0.25) is 5.84 Å². The topological polar surface area (TPSA) is 55.9 Å². The van der Waals surface area contributed by atoms with Gasteiger partial charge in [0.2, 0.25) is 0 Å². The maximum Gasteiger partial charge on any atom is 0.131 e. The molecular formula is C12H15BrN4. The molecule has 1 aromatic heterocycles. The van der Waals surface area contributed by atoms with Gasteiger partial charge in [-0.1, -0.05) is 33.6 Å². The van der Waals surface area contributed by atoms with Crippen molar-refractivity contribution in [3.63, 3.8) is 0 Å². The van der Waals surface area contributed by atoms with E-state index < -0.39 is 0 Å². The van der Waals surface area contributed by atoms with E-state index in [1.165, 1.54) is 5.56 Å². The molecule has 1 heterocycles.